The predicted molar refractivity (Wildman–Crippen MR) is 81.4 cm³/mol. The highest BCUT2D eigenvalue weighted by Gasteiger charge is 2.08. The van der Waals surface area contributed by atoms with Crippen LogP contribution in [0.15, 0.2) is 39.1 Å². The number of H-pyrrole nitrogens is 1. The SMILES string of the molecule is CSc1ccc(NC(=O)CSc2n[nH]c(=O)n2C)cc1. The van der Waals surface area contributed by atoms with Gasteiger partial charge < -0.3 is 5.32 Å². The molecule has 8 heteroatoms. The number of aromatic amines is 1. The quantitative estimate of drug-likeness (QED) is 0.819. The summed E-state index contributed by atoms with van der Waals surface area (Å²) < 4.78 is 1.37. The zero-order chi connectivity index (χ0) is 14.5. The molecule has 1 aromatic heterocycles. The zero-order valence-corrected chi connectivity index (χ0v) is 12.7. The third-order valence-corrected chi connectivity index (χ3v) is 4.32. The number of carbonyl (C=O) groups excluding carboxylic acids is 1. The van der Waals surface area contributed by atoms with Gasteiger partial charge in [-0.25, -0.2) is 9.89 Å². The minimum atomic E-state index is -0.291. The molecule has 20 heavy (non-hydrogen) atoms. The van der Waals surface area contributed by atoms with Gasteiger partial charge in [0.05, 0.1) is 5.75 Å². The largest absolute Gasteiger partial charge is 0.343 e. The summed E-state index contributed by atoms with van der Waals surface area (Å²) in [5.74, 6) is 0.0601. The lowest BCUT2D eigenvalue weighted by molar-refractivity contribution is -0.113. The Morgan fingerprint density at radius 1 is 1.40 bits per heavy atom. The fourth-order valence-corrected chi connectivity index (χ4v) is 2.59. The monoisotopic (exact) mass is 310 g/mol. The Morgan fingerprint density at radius 2 is 2.10 bits per heavy atom. The number of hydrogen-bond donors (Lipinski definition) is 2. The van der Waals surface area contributed by atoms with Crippen molar-refractivity contribution >= 4 is 35.1 Å². The average molecular weight is 310 g/mol. The van der Waals surface area contributed by atoms with Crippen LogP contribution >= 0.6 is 23.5 Å². The van der Waals surface area contributed by atoms with Crippen molar-refractivity contribution in [2.75, 3.05) is 17.3 Å². The van der Waals surface area contributed by atoms with Crippen molar-refractivity contribution in [3.05, 3.63) is 34.7 Å². The number of anilines is 1. The third-order valence-electron chi connectivity index (χ3n) is 2.54. The van der Waals surface area contributed by atoms with Gasteiger partial charge in [-0.2, -0.15) is 0 Å². The van der Waals surface area contributed by atoms with Crippen LogP contribution in [-0.4, -0.2) is 32.7 Å². The number of benzene rings is 1. The molecule has 0 aliphatic carbocycles. The maximum atomic E-state index is 11.8. The van der Waals surface area contributed by atoms with Gasteiger partial charge in [0.1, 0.15) is 0 Å². The molecule has 0 bridgehead atoms. The first-order valence-electron chi connectivity index (χ1n) is 5.78. The molecule has 6 nitrogen and oxygen atoms in total. The Balaban J connectivity index is 1.89. The first-order chi connectivity index (χ1) is 9.60. The summed E-state index contributed by atoms with van der Waals surface area (Å²) >= 11 is 2.85. The van der Waals surface area contributed by atoms with E-state index >= 15 is 0 Å². The van der Waals surface area contributed by atoms with E-state index in [0.717, 1.165) is 10.6 Å². The van der Waals surface area contributed by atoms with E-state index in [2.05, 4.69) is 15.5 Å². The predicted octanol–water partition coefficient (Wildman–Crippen LogP) is 1.56. The van der Waals surface area contributed by atoms with Gasteiger partial charge in [0.15, 0.2) is 5.16 Å². The van der Waals surface area contributed by atoms with E-state index < -0.39 is 0 Å². The van der Waals surface area contributed by atoms with Crippen LogP contribution in [0.1, 0.15) is 0 Å². The standard InChI is InChI=1S/C12H14N4O2S2/c1-16-11(18)14-15-12(16)20-7-10(17)13-8-3-5-9(19-2)6-4-8/h3-6H,7H2,1-2H3,(H,13,17)(H,14,18). The van der Waals surface area contributed by atoms with E-state index in [-0.39, 0.29) is 17.3 Å². The molecule has 0 saturated carbocycles. The number of rotatable bonds is 5. The highest BCUT2D eigenvalue weighted by molar-refractivity contribution is 7.99. The van der Waals surface area contributed by atoms with Crippen LogP contribution < -0.4 is 11.0 Å². The molecular formula is C12H14N4O2S2. The van der Waals surface area contributed by atoms with Crippen molar-refractivity contribution in [1.29, 1.82) is 0 Å². The summed E-state index contributed by atoms with van der Waals surface area (Å²) in [6.07, 6.45) is 2.00. The van der Waals surface area contributed by atoms with Gasteiger partial charge >= 0.3 is 5.69 Å². The van der Waals surface area contributed by atoms with Crippen molar-refractivity contribution in [2.45, 2.75) is 10.1 Å². The summed E-state index contributed by atoms with van der Waals surface area (Å²) in [5, 5.41) is 9.43. The van der Waals surface area contributed by atoms with Gasteiger partial charge in [0.2, 0.25) is 5.91 Å². The molecule has 2 aromatic rings. The lowest BCUT2D eigenvalue weighted by atomic mass is 10.3. The minimum absolute atomic E-state index is 0.137. The van der Waals surface area contributed by atoms with E-state index in [9.17, 15) is 9.59 Å². The molecule has 0 aliphatic rings. The first kappa shape index (κ1) is 14.7. The van der Waals surface area contributed by atoms with Gasteiger partial charge in [-0.1, -0.05) is 11.8 Å². The van der Waals surface area contributed by atoms with Crippen LogP contribution in [0.25, 0.3) is 0 Å². The summed E-state index contributed by atoms with van der Waals surface area (Å²) in [5.41, 5.74) is 0.463. The molecule has 0 atom stereocenters. The lowest BCUT2D eigenvalue weighted by Crippen LogP contribution is -2.16. The zero-order valence-electron chi connectivity index (χ0n) is 11.0. The highest BCUT2D eigenvalue weighted by atomic mass is 32.2. The van der Waals surface area contributed by atoms with E-state index in [4.69, 9.17) is 0 Å². The minimum Gasteiger partial charge on any atom is -0.325 e. The van der Waals surface area contributed by atoms with Crippen LogP contribution in [0.3, 0.4) is 0 Å². The van der Waals surface area contributed by atoms with Crippen molar-refractivity contribution in [3.63, 3.8) is 0 Å². The molecule has 2 N–H and O–H groups in total. The average Bonchev–Trinajstić information content (AvgIpc) is 2.77. The van der Waals surface area contributed by atoms with Gasteiger partial charge in [-0.05, 0) is 30.5 Å². The summed E-state index contributed by atoms with van der Waals surface area (Å²) in [6.45, 7) is 0. The fourth-order valence-electron chi connectivity index (χ4n) is 1.46. The van der Waals surface area contributed by atoms with Crippen LogP contribution in [0, 0.1) is 0 Å². The maximum Gasteiger partial charge on any atom is 0.343 e. The number of nitrogens with zero attached hydrogens (tertiary/aromatic N) is 2. The highest BCUT2D eigenvalue weighted by Crippen LogP contribution is 2.18. The molecule has 0 fully saturated rings. The van der Waals surface area contributed by atoms with Gasteiger partial charge in [0.25, 0.3) is 0 Å². The Hall–Kier alpha value is -1.67. The Labute approximate surface area is 124 Å². The molecular weight excluding hydrogens is 296 g/mol. The molecule has 1 amide bonds. The topological polar surface area (TPSA) is 79.8 Å². The number of thioether (sulfide) groups is 2. The molecule has 0 aliphatic heterocycles. The van der Waals surface area contributed by atoms with Crippen LogP contribution in [0.2, 0.25) is 0 Å². The third kappa shape index (κ3) is 3.67. The number of aromatic nitrogens is 3. The fraction of sp³-hybridized carbons (Fsp3) is 0.250. The van der Waals surface area contributed by atoms with E-state index in [1.807, 2.05) is 30.5 Å². The lowest BCUT2D eigenvalue weighted by Gasteiger charge is -2.05. The van der Waals surface area contributed by atoms with Crippen LogP contribution in [-0.2, 0) is 11.8 Å². The van der Waals surface area contributed by atoms with Crippen molar-refractivity contribution < 1.29 is 4.79 Å². The molecule has 1 aromatic carbocycles. The summed E-state index contributed by atoms with van der Waals surface area (Å²) in [4.78, 5) is 24.1. The second-order valence-electron chi connectivity index (χ2n) is 3.94. The number of amides is 1. The Morgan fingerprint density at radius 3 is 2.65 bits per heavy atom. The van der Waals surface area contributed by atoms with Crippen molar-refractivity contribution in [2.24, 2.45) is 7.05 Å². The summed E-state index contributed by atoms with van der Waals surface area (Å²) in [7, 11) is 1.60. The van der Waals surface area contributed by atoms with Gasteiger partial charge in [-0.3, -0.25) is 9.36 Å². The Kier molecular flexibility index (Phi) is 4.91. The van der Waals surface area contributed by atoms with Crippen molar-refractivity contribution in [1.82, 2.24) is 14.8 Å². The molecule has 106 valence electrons. The van der Waals surface area contributed by atoms with E-state index in [1.54, 1.807) is 18.8 Å². The molecule has 1 heterocycles. The molecule has 2 rings (SSSR count). The van der Waals surface area contributed by atoms with Gasteiger partial charge in [-0.15, -0.1) is 16.9 Å². The number of nitrogens with one attached hydrogen (secondary N) is 2. The van der Waals surface area contributed by atoms with Crippen molar-refractivity contribution in [3.8, 4) is 0 Å². The normalized spacial score (nSPS) is 10.5. The molecule has 0 saturated heterocycles. The maximum absolute atomic E-state index is 11.8. The first-order valence-corrected chi connectivity index (χ1v) is 7.99. The van der Waals surface area contributed by atoms with Gasteiger partial charge in [0, 0.05) is 17.6 Å². The van der Waals surface area contributed by atoms with E-state index in [0.29, 0.717) is 5.16 Å². The van der Waals surface area contributed by atoms with Crippen LogP contribution in [0.4, 0.5) is 5.69 Å². The second kappa shape index (κ2) is 6.67. The summed E-state index contributed by atoms with van der Waals surface area (Å²) in [6, 6.07) is 7.62. The Bertz CT molecular complexity index is 648. The second-order valence-corrected chi connectivity index (χ2v) is 5.76. The molecule has 0 radical (unpaired) electrons. The number of hydrogen-bond acceptors (Lipinski definition) is 5. The number of carbonyl (C=O) groups is 1. The van der Waals surface area contributed by atoms with E-state index in [1.165, 1.54) is 16.3 Å². The van der Waals surface area contributed by atoms with Crippen LogP contribution in [0.5, 0.6) is 0 Å². The molecule has 0 unspecified atom stereocenters. The molecule has 0 spiro atoms. The smallest absolute Gasteiger partial charge is 0.325 e.